The van der Waals surface area contributed by atoms with E-state index in [4.69, 9.17) is 4.74 Å². The molecule has 0 radical (unpaired) electrons. The molecule has 1 aromatic heterocycles. The van der Waals surface area contributed by atoms with E-state index < -0.39 is 11.2 Å². The summed E-state index contributed by atoms with van der Waals surface area (Å²) in [5.41, 5.74) is 0.0840. The minimum Gasteiger partial charge on any atom is -0.497 e. The van der Waals surface area contributed by atoms with Gasteiger partial charge in [0.25, 0.3) is 5.56 Å². The molecule has 0 aliphatic carbocycles. The lowest BCUT2D eigenvalue weighted by molar-refractivity contribution is 0.414. The van der Waals surface area contributed by atoms with Crippen LogP contribution in [0.5, 0.6) is 5.75 Å². The highest BCUT2D eigenvalue weighted by atomic mass is 16.5. The van der Waals surface area contributed by atoms with Gasteiger partial charge in [-0.3, -0.25) is 13.9 Å². The van der Waals surface area contributed by atoms with Gasteiger partial charge in [-0.25, -0.2) is 4.79 Å². The van der Waals surface area contributed by atoms with E-state index in [2.05, 4.69) is 0 Å². The fourth-order valence-corrected chi connectivity index (χ4v) is 3.46. The van der Waals surface area contributed by atoms with E-state index in [1.807, 2.05) is 35.2 Å². The van der Waals surface area contributed by atoms with Crippen molar-refractivity contribution in [1.82, 2.24) is 9.13 Å². The summed E-state index contributed by atoms with van der Waals surface area (Å²) in [5.74, 6) is 1.17. The summed E-state index contributed by atoms with van der Waals surface area (Å²) in [6.45, 7) is 0.686. The van der Waals surface area contributed by atoms with Crippen molar-refractivity contribution in [3.05, 3.63) is 56.2 Å². The van der Waals surface area contributed by atoms with E-state index >= 15 is 0 Å². The number of nitrogens with zero attached hydrogens (tertiary/aromatic N) is 4. The molecule has 2 heterocycles. The molecule has 3 rings (SSSR count). The molecule has 1 atom stereocenters. The van der Waals surface area contributed by atoms with Crippen LogP contribution in [0.2, 0.25) is 0 Å². The number of hydrogen-bond donors (Lipinski definition) is 0. The molecule has 7 heteroatoms. The summed E-state index contributed by atoms with van der Waals surface area (Å²) in [6, 6.07) is 9.73. The molecule has 0 amide bonds. The van der Waals surface area contributed by atoms with Crippen LogP contribution in [0.15, 0.2) is 33.9 Å². The zero-order chi connectivity index (χ0) is 18.1. The van der Waals surface area contributed by atoms with Crippen LogP contribution in [0.25, 0.3) is 0 Å². The van der Waals surface area contributed by atoms with Gasteiger partial charge in [-0.05, 0) is 30.5 Å². The second kappa shape index (κ2) is 6.48. The lowest BCUT2D eigenvalue weighted by Gasteiger charge is -2.29. The number of aromatic nitrogens is 2. The SMILES string of the molecule is COc1ccc([C@H]2CCCN2c2c(C#N)c(=O)n(C)c(=O)n2C)cc1. The Morgan fingerprint density at radius 3 is 2.44 bits per heavy atom. The van der Waals surface area contributed by atoms with Crippen LogP contribution in [0, 0.1) is 11.3 Å². The van der Waals surface area contributed by atoms with E-state index in [1.165, 1.54) is 11.6 Å². The summed E-state index contributed by atoms with van der Waals surface area (Å²) in [7, 11) is 4.60. The normalized spacial score (nSPS) is 16.7. The molecule has 130 valence electrons. The lowest BCUT2D eigenvalue weighted by atomic mass is 10.0. The molecule has 1 aromatic carbocycles. The monoisotopic (exact) mass is 340 g/mol. The third-order valence-electron chi connectivity index (χ3n) is 4.77. The summed E-state index contributed by atoms with van der Waals surface area (Å²) in [4.78, 5) is 26.7. The van der Waals surface area contributed by atoms with Gasteiger partial charge in [-0.2, -0.15) is 5.26 Å². The Bertz CT molecular complexity index is 951. The molecular weight excluding hydrogens is 320 g/mol. The molecule has 0 bridgehead atoms. The predicted molar refractivity (Wildman–Crippen MR) is 94.0 cm³/mol. The first-order chi connectivity index (χ1) is 12.0. The molecule has 0 N–H and O–H groups in total. The first-order valence-corrected chi connectivity index (χ1v) is 8.10. The van der Waals surface area contributed by atoms with E-state index in [0.29, 0.717) is 12.4 Å². The quantitative estimate of drug-likeness (QED) is 0.841. The van der Waals surface area contributed by atoms with Crippen molar-refractivity contribution in [1.29, 1.82) is 5.26 Å². The van der Waals surface area contributed by atoms with Crippen molar-refractivity contribution < 1.29 is 4.74 Å². The van der Waals surface area contributed by atoms with Gasteiger partial charge in [0.2, 0.25) is 0 Å². The minimum atomic E-state index is -0.555. The average Bonchev–Trinajstić information content (AvgIpc) is 3.12. The summed E-state index contributed by atoms with van der Waals surface area (Å²) in [6.07, 6.45) is 1.81. The highest BCUT2D eigenvalue weighted by Gasteiger charge is 2.31. The Kier molecular flexibility index (Phi) is 4.36. The van der Waals surface area contributed by atoms with Crippen LogP contribution >= 0.6 is 0 Å². The Morgan fingerprint density at radius 2 is 1.84 bits per heavy atom. The maximum atomic E-state index is 12.4. The van der Waals surface area contributed by atoms with Gasteiger partial charge in [0.05, 0.1) is 13.2 Å². The largest absolute Gasteiger partial charge is 0.497 e. The molecular formula is C18H20N4O3. The van der Waals surface area contributed by atoms with Gasteiger partial charge in [0, 0.05) is 20.6 Å². The van der Waals surface area contributed by atoms with Crippen molar-refractivity contribution in [2.45, 2.75) is 18.9 Å². The smallest absolute Gasteiger partial charge is 0.332 e. The van der Waals surface area contributed by atoms with Gasteiger partial charge in [-0.15, -0.1) is 0 Å². The van der Waals surface area contributed by atoms with Gasteiger partial charge < -0.3 is 9.64 Å². The highest BCUT2D eigenvalue weighted by molar-refractivity contribution is 5.56. The van der Waals surface area contributed by atoms with Crippen LogP contribution in [0.3, 0.4) is 0 Å². The Balaban J connectivity index is 2.13. The third-order valence-corrected chi connectivity index (χ3v) is 4.77. The number of methoxy groups -OCH3 is 1. The van der Waals surface area contributed by atoms with Crippen LogP contribution < -0.4 is 20.9 Å². The molecule has 1 saturated heterocycles. The van der Waals surface area contributed by atoms with Crippen molar-refractivity contribution in [2.75, 3.05) is 18.6 Å². The molecule has 25 heavy (non-hydrogen) atoms. The molecule has 2 aromatic rings. The lowest BCUT2D eigenvalue weighted by Crippen LogP contribution is -2.42. The van der Waals surface area contributed by atoms with Gasteiger partial charge in [0.1, 0.15) is 17.6 Å². The topological polar surface area (TPSA) is 80.3 Å². The maximum Gasteiger partial charge on any atom is 0.332 e. The van der Waals surface area contributed by atoms with E-state index in [-0.39, 0.29) is 11.6 Å². The summed E-state index contributed by atoms with van der Waals surface area (Å²) in [5, 5.41) is 9.50. The minimum absolute atomic E-state index is 0.00464. The fraction of sp³-hybridized carbons (Fsp3) is 0.389. The van der Waals surface area contributed by atoms with Crippen molar-refractivity contribution >= 4 is 5.82 Å². The van der Waals surface area contributed by atoms with Gasteiger partial charge in [-0.1, -0.05) is 12.1 Å². The third kappa shape index (κ3) is 2.70. The number of nitriles is 1. The number of anilines is 1. The van der Waals surface area contributed by atoms with Crippen LogP contribution in [-0.4, -0.2) is 22.8 Å². The zero-order valence-corrected chi connectivity index (χ0v) is 14.5. The van der Waals surface area contributed by atoms with Gasteiger partial charge in [0.15, 0.2) is 5.56 Å². The second-order valence-electron chi connectivity index (χ2n) is 6.14. The van der Waals surface area contributed by atoms with Gasteiger partial charge >= 0.3 is 5.69 Å². The zero-order valence-electron chi connectivity index (χ0n) is 14.5. The summed E-state index contributed by atoms with van der Waals surface area (Å²) >= 11 is 0. The fourth-order valence-electron chi connectivity index (χ4n) is 3.46. The first kappa shape index (κ1) is 16.8. The van der Waals surface area contributed by atoms with E-state index in [1.54, 1.807) is 14.2 Å². The van der Waals surface area contributed by atoms with Crippen molar-refractivity contribution in [3.8, 4) is 11.8 Å². The molecule has 1 fully saturated rings. The number of rotatable bonds is 3. The Morgan fingerprint density at radius 1 is 1.16 bits per heavy atom. The standard InChI is InChI=1S/C18H20N4O3/c1-20-16(14(11-19)17(23)21(2)18(20)24)22-10-4-5-15(22)12-6-8-13(25-3)9-7-12/h6-9,15H,4-5,10H2,1-3H3/t15-/m1/s1. The highest BCUT2D eigenvalue weighted by Crippen LogP contribution is 2.36. The average molecular weight is 340 g/mol. The van der Waals surface area contributed by atoms with Crippen LogP contribution in [0.4, 0.5) is 5.82 Å². The Hall–Kier alpha value is -3.01. The first-order valence-electron chi connectivity index (χ1n) is 8.10. The van der Waals surface area contributed by atoms with Crippen molar-refractivity contribution in [2.24, 2.45) is 14.1 Å². The van der Waals surface area contributed by atoms with Crippen LogP contribution in [-0.2, 0) is 14.1 Å². The summed E-state index contributed by atoms with van der Waals surface area (Å²) < 4.78 is 7.56. The van der Waals surface area contributed by atoms with Crippen LogP contribution in [0.1, 0.15) is 30.0 Å². The second-order valence-corrected chi connectivity index (χ2v) is 6.14. The maximum absolute atomic E-state index is 12.4. The number of benzene rings is 1. The molecule has 1 aliphatic rings. The van der Waals surface area contributed by atoms with Crippen molar-refractivity contribution in [3.63, 3.8) is 0 Å². The molecule has 0 spiro atoms. The predicted octanol–water partition coefficient (Wildman–Crippen LogP) is 1.31. The van der Waals surface area contributed by atoms with E-state index in [0.717, 1.165) is 28.7 Å². The van der Waals surface area contributed by atoms with E-state index in [9.17, 15) is 14.9 Å². The molecule has 1 aliphatic heterocycles. The number of ether oxygens (including phenoxy) is 1. The molecule has 0 unspecified atom stereocenters. The molecule has 0 saturated carbocycles. The number of hydrogen-bond acceptors (Lipinski definition) is 5. The molecule has 7 nitrogen and oxygen atoms in total. The Labute approximate surface area is 145 Å².